The molecule has 3 aromatic rings. The number of benzene rings is 2. The summed E-state index contributed by atoms with van der Waals surface area (Å²) in [5.74, 6) is 1.54. The van der Waals surface area contributed by atoms with E-state index in [4.69, 9.17) is 4.99 Å². The summed E-state index contributed by atoms with van der Waals surface area (Å²) in [6.45, 7) is 6.94. The van der Waals surface area contributed by atoms with E-state index in [-0.39, 0.29) is 35.5 Å². The van der Waals surface area contributed by atoms with Crippen LogP contribution in [0.1, 0.15) is 51.5 Å². The lowest BCUT2D eigenvalue weighted by Crippen LogP contribution is -2.52. The van der Waals surface area contributed by atoms with Crippen LogP contribution in [-0.4, -0.2) is 86.3 Å². The summed E-state index contributed by atoms with van der Waals surface area (Å²) in [7, 11) is 1.94. The number of hydrogen-bond acceptors (Lipinski definition) is 5. The summed E-state index contributed by atoms with van der Waals surface area (Å²) in [4.78, 5) is 50.6. The largest absolute Gasteiger partial charge is 0.342 e. The summed E-state index contributed by atoms with van der Waals surface area (Å²) in [6.07, 6.45) is 5.86. The third kappa shape index (κ3) is 5.02. The second kappa shape index (κ2) is 10.6. The number of hydrogen-bond donors (Lipinski definition) is 0. The molecule has 0 bridgehead atoms. The van der Waals surface area contributed by atoms with Crippen LogP contribution in [0, 0.1) is 17.8 Å². The van der Waals surface area contributed by atoms with Gasteiger partial charge in [0.1, 0.15) is 11.4 Å². The zero-order chi connectivity index (χ0) is 29.9. The molecule has 7 rings (SSSR count). The predicted octanol–water partition coefficient (Wildman–Crippen LogP) is 4.10. The average molecular weight is 581 g/mol. The minimum absolute atomic E-state index is 0.0391. The number of carbonyl (C=O) groups is 3. The topological polar surface area (TPSA) is 91.1 Å². The summed E-state index contributed by atoms with van der Waals surface area (Å²) >= 11 is 0. The smallest absolute Gasteiger partial charge is 0.256 e. The molecule has 3 amide bonds. The molecule has 2 saturated heterocycles. The average Bonchev–Trinajstić information content (AvgIpc) is 3.58. The summed E-state index contributed by atoms with van der Waals surface area (Å²) in [6, 6.07) is 14.7. The Kier molecular flexibility index (Phi) is 6.86. The van der Waals surface area contributed by atoms with Crippen molar-refractivity contribution in [2.75, 3.05) is 32.7 Å². The van der Waals surface area contributed by atoms with Gasteiger partial charge in [-0.1, -0.05) is 44.2 Å². The highest BCUT2D eigenvalue weighted by Crippen LogP contribution is 2.38. The van der Waals surface area contributed by atoms with Crippen LogP contribution in [0.3, 0.4) is 0 Å². The number of likely N-dealkylation sites (tertiary alicyclic amines) is 2. The molecule has 0 radical (unpaired) electrons. The van der Waals surface area contributed by atoms with Crippen molar-refractivity contribution in [1.82, 2.24) is 24.5 Å². The molecule has 1 aromatic heterocycles. The quantitative estimate of drug-likeness (QED) is 0.439. The highest BCUT2D eigenvalue weighted by molar-refractivity contribution is 6.15. The molecule has 9 nitrogen and oxygen atoms in total. The lowest BCUT2D eigenvalue weighted by molar-refractivity contribution is -0.140. The molecule has 4 heterocycles. The molecule has 3 fully saturated rings. The SMILES string of the molecule is CC(C)C(=O)N1CCC2(CC1)N=C(c1ccc(-c3ccc4c(cnn4C)c3)cc1)N(CC1CCN(C(=O)C3CC3)C1)C2=O. The van der Waals surface area contributed by atoms with E-state index in [1.54, 1.807) is 0 Å². The van der Waals surface area contributed by atoms with Gasteiger partial charge in [0.2, 0.25) is 11.8 Å². The molecule has 1 aliphatic carbocycles. The van der Waals surface area contributed by atoms with Gasteiger partial charge in [-0.2, -0.15) is 5.10 Å². The Bertz CT molecular complexity index is 1610. The van der Waals surface area contributed by atoms with Crippen molar-refractivity contribution in [3.63, 3.8) is 0 Å². The van der Waals surface area contributed by atoms with Crippen LogP contribution in [0.4, 0.5) is 0 Å². The van der Waals surface area contributed by atoms with Crippen molar-refractivity contribution in [2.45, 2.75) is 51.5 Å². The predicted molar refractivity (Wildman–Crippen MR) is 165 cm³/mol. The van der Waals surface area contributed by atoms with Crippen molar-refractivity contribution in [3.8, 4) is 11.1 Å². The molecular weight excluding hydrogens is 540 g/mol. The summed E-state index contributed by atoms with van der Waals surface area (Å²) < 4.78 is 1.87. The van der Waals surface area contributed by atoms with E-state index >= 15 is 0 Å². The number of aromatic nitrogens is 2. The number of rotatable bonds is 6. The fourth-order valence-electron chi connectivity index (χ4n) is 7.02. The van der Waals surface area contributed by atoms with Gasteiger partial charge in [-0.05, 0) is 61.3 Å². The van der Waals surface area contributed by atoms with E-state index in [2.05, 4.69) is 47.6 Å². The van der Waals surface area contributed by atoms with Gasteiger partial charge in [0.25, 0.3) is 5.91 Å². The highest BCUT2D eigenvalue weighted by Gasteiger charge is 2.51. The van der Waals surface area contributed by atoms with E-state index in [1.807, 2.05) is 46.5 Å². The van der Waals surface area contributed by atoms with Gasteiger partial charge in [-0.15, -0.1) is 0 Å². The molecule has 224 valence electrons. The Morgan fingerprint density at radius 2 is 1.63 bits per heavy atom. The fourth-order valence-corrected chi connectivity index (χ4v) is 7.02. The minimum atomic E-state index is -0.838. The van der Waals surface area contributed by atoms with Crippen molar-refractivity contribution >= 4 is 34.5 Å². The maximum absolute atomic E-state index is 14.2. The van der Waals surface area contributed by atoms with Gasteiger partial charge >= 0.3 is 0 Å². The number of carbonyl (C=O) groups excluding carboxylic acids is 3. The maximum atomic E-state index is 14.2. The number of nitrogens with zero attached hydrogens (tertiary/aromatic N) is 6. The van der Waals surface area contributed by atoms with Crippen LogP contribution in [0.5, 0.6) is 0 Å². The standard InChI is InChI=1S/C34H40N6O3/c1-22(2)31(41)38-16-13-34(14-17-38)33(43)40(21-23-12-15-39(20-23)32(42)26-8-9-26)30(36-34)25-6-4-24(5-7-25)27-10-11-29-28(18-27)19-35-37(29)3/h4-7,10-11,18-19,22-23,26H,8-9,12-17,20-21H2,1-3H3. The van der Waals surface area contributed by atoms with Crippen molar-refractivity contribution in [2.24, 2.45) is 29.8 Å². The van der Waals surface area contributed by atoms with Crippen LogP contribution in [0.25, 0.3) is 22.0 Å². The molecule has 1 spiro atoms. The zero-order valence-electron chi connectivity index (χ0n) is 25.3. The lowest BCUT2D eigenvalue weighted by Gasteiger charge is -2.37. The molecule has 0 N–H and O–H groups in total. The summed E-state index contributed by atoms with van der Waals surface area (Å²) in [5, 5.41) is 5.46. The molecule has 2 aromatic carbocycles. The van der Waals surface area contributed by atoms with E-state index in [0.29, 0.717) is 39.0 Å². The lowest BCUT2D eigenvalue weighted by atomic mass is 9.87. The van der Waals surface area contributed by atoms with Crippen molar-refractivity contribution in [1.29, 1.82) is 0 Å². The van der Waals surface area contributed by atoms with E-state index in [0.717, 1.165) is 59.2 Å². The summed E-state index contributed by atoms with van der Waals surface area (Å²) in [5.41, 5.74) is 3.37. The Balaban J connectivity index is 1.15. The van der Waals surface area contributed by atoms with Gasteiger partial charge in [-0.25, -0.2) is 0 Å². The van der Waals surface area contributed by atoms with Gasteiger partial charge < -0.3 is 9.80 Å². The molecule has 1 unspecified atom stereocenters. The van der Waals surface area contributed by atoms with E-state index < -0.39 is 5.54 Å². The van der Waals surface area contributed by atoms with Crippen LogP contribution in [0.2, 0.25) is 0 Å². The van der Waals surface area contributed by atoms with Crippen LogP contribution < -0.4 is 0 Å². The number of aryl methyl sites for hydroxylation is 1. The Morgan fingerprint density at radius 1 is 0.930 bits per heavy atom. The number of piperidine rings is 1. The second-order valence-corrected chi connectivity index (χ2v) is 13.2. The maximum Gasteiger partial charge on any atom is 0.256 e. The first-order valence-corrected chi connectivity index (χ1v) is 15.7. The third-order valence-electron chi connectivity index (χ3n) is 9.80. The molecular formula is C34H40N6O3. The molecule has 1 saturated carbocycles. The highest BCUT2D eigenvalue weighted by atomic mass is 16.2. The van der Waals surface area contributed by atoms with Crippen LogP contribution >= 0.6 is 0 Å². The van der Waals surface area contributed by atoms with Gasteiger partial charge in [0.05, 0.1) is 11.7 Å². The molecule has 43 heavy (non-hydrogen) atoms. The normalized spacial score (nSPS) is 21.9. The van der Waals surface area contributed by atoms with Crippen molar-refractivity contribution in [3.05, 3.63) is 54.2 Å². The van der Waals surface area contributed by atoms with E-state index in [1.165, 1.54) is 0 Å². The number of aliphatic imine (C=N–C) groups is 1. The molecule has 9 heteroatoms. The van der Waals surface area contributed by atoms with Crippen LogP contribution in [0.15, 0.2) is 53.7 Å². The molecule has 1 atom stereocenters. The van der Waals surface area contributed by atoms with Crippen molar-refractivity contribution < 1.29 is 14.4 Å². The first-order valence-electron chi connectivity index (χ1n) is 15.7. The Hall–Kier alpha value is -4.01. The van der Waals surface area contributed by atoms with Gasteiger partial charge in [-0.3, -0.25) is 29.0 Å². The molecule has 4 aliphatic rings. The van der Waals surface area contributed by atoms with Gasteiger partial charge in [0, 0.05) is 62.6 Å². The Morgan fingerprint density at radius 3 is 2.33 bits per heavy atom. The Labute approximate surface area is 252 Å². The first kappa shape index (κ1) is 27.8. The van der Waals surface area contributed by atoms with Crippen LogP contribution in [-0.2, 0) is 21.4 Å². The zero-order valence-corrected chi connectivity index (χ0v) is 25.3. The first-order chi connectivity index (χ1) is 20.7. The van der Waals surface area contributed by atoms with Gasteiger partial charge in [0.15, 0.2) is 0 Å². The molecule has 3 aliphatic heterocycles. The monoisotopic (exact) mass is 580 g/mol. The second-order valence-electron chi connectivity index (χ2n) is 13.2. The number of amides is 3. The van der Waals surface area contributed by atoms with E-state index in [9.17, 15) is 14.4 Å². The fraction of sp³-hybridized carbons (Fsp3) is 0.500. The third-order valence-corrected chi connectivity index (χ3v) is 9.80. The minimum Gasteiger partial charge on any atom is -0.342 e. The number of fused-ring (bicyclic) bond motifs is 1. The number of amidine groups is 1.